The predicted molar refractivity (Wildman–Crippen MR) is 107 cm³/mol. The number of aromatic nitrogens is 2. The highest BCUT2D eigenvalue weighted by Gasteiger charge is 2.11. The molecule has 1 N–H and O–H groups in total. The Hall–Kier alpha value is -1.86. The molecule has 6 heteroatoms. The first-order valence-electron chi connectivity index (χ1n) is 7.34. The summed E-state index contributed by atoms with van der Waals surface area (Å²) in [6.07, 6.45) is 1.61. The molecule has 0 unspecified atom stereocenters. The number of aliphatic imine (C=N–C) groups is 1. The lowest BCUT2D eigenvalue weighted by Crippen LogP contribution is -2.17. The van der Waals surface area contributed by atoms with Crippen LogP contribution in [0.4, 0.5) is 5.69 Å². The van der Waals surface area contributed by atoms with Gasteiger partial charge in [-0.3, -0.25) is 14.9 Å². The standard InChI is InChI=1S/C18H15ClIN3O/c1-11-7-8-13(9-15(11)19)23-18(24)14(12(2)22-23)10-21-17-6-4-3-5-16(17)20/h3-10,22H,1-2H3. The van der Waals surface area contributed by atoms with E-state index in [1.807, 2.05) is 50.2 Å². The zero-order chi connectivity index (χ0) is 17.3. The number of nitrogens with zero attached hydrogens (tertiary/aromatic N) is 2. The topological polar surface area (TPSA) is 50.1 Å². The number of benzene rings is 2. The van der Waals surface area contributed by atoms with Crippen LogP contribution in [0.2, 0.25) is 5.02 Å². The van der Waals surface area contributed by atoms with E-state index in [0.717, 1.165) is 20.5 Å². The first-order chi connectivity index (χ1) is 11.5. The smallest absolute Gasteiger partial charge is 0.280 e. The van der Waals surface area contributed by atoms with Crippen LogP contribution in [-0.2, 0) is 0 Å². The van der Waals surface area contributed by atoms with E-state index in [-0.39, 0.29) is 5.56 Å². The number of nitrogens with one attached hydrogen (secondary N) is 1. The minimum atomic E-state index is -0.151. The molecule has 24 heavy (non-hydrogen) atoms. The van der Waals surface area contributed by atoms with Gasteiger partial charge < -0.3 is 0 Å². The van der Waals surface area contributed by atoms with Gasteiger partial charge >= 0.3 is 0 Å². The van der Waals surface area contributed by atoms with Crippen molar-refractivity contribution in [2.24, 2.45) is 4.99 Å². The Labute approximate surface area is 158 Å². The number of H-pyrrole nitrogens is 1. The molecule has 122 valence electrons. The van der Waals surface area contributed by atoms with Gasteiger partial charge in [-0.1, -0.05) is 29.8 Å². The minimum Gasteiger partial charge on any atom is -0.295 e. The molecule has 0 atom stereocenters. The molecule has 0 saturated heterocycles. The summed E-state index contributed by atoms with van der Waals surface area (Å²) in [7, 11) is 0. The van der Waals surface area contributed by atoms with Gasteiger partial charge in [0.2, 0.25) is 0 Å². The number of rotatable bonds is 3. The second-order valence-electron chi connectivity index (χ2n) is 5.43. The molecule has 3 rings (SSSR count). The van der Waals surface area contributed by atoms with Crippen LogP contribution in [0.25, 0.3) is 5.69 Å². The van der Waals surface area contributed by atoms with Crippen molar-refractivity contribution in [3.8, 4) is 5.69 Å². The largest absolute Gasteiger partial charge is 0.295 e. The van der Waals surface area contributed by atoms with Gasteiger partial charge in [0.15, 0.2) is 0 Å². The first-order valence-corrected chi connectivity index (χ1v) is 8.80. The van der Waals surface area contributed by atoms with E-state index in [4.69, 9.17) is 11.6 Å². The fourth-order valence-corrected chi connectivity index (χ4v) is 3.01. The van der Waals surface area contributed by atoms with Crippen molar-refractivity contribution in [2.75, 3.05) is 0 Å². The molecule has 0 spiro atoms. The van der Waals surface area contributed by atoms with Crippen molar-refractivity contribution in [1.29, 1.82) is 0 Å². The fraction of sp³-hybridized carbons (Fsp3) is 0.111. The third-order valence-electron chi connectivity index (χ3n) is 3.72. The summed E-state index contributed by atoms with van der Waals surface area (Å²) in [6, 6.07) is 13.3. The summed E-state index contributed by atoms with van der Waals surface area (Å²) in [6.45, 7) is 3.78. The number of hydrogen-bond donors (Lipinski definition) is 1. The molecule has 4 nitrogen and oxygen atoms in total. The van der Waals surface area contributed by atoms with E-state index < -0.39 is 0 Å². The zero-order valence-corrected chi connectivity index (χ0v) is 16.1. The summed E-state index contributed by atoms with van der Waals surface area (Å²) in [5.41, 5.74) is 3.65. The van der Waals surface area contributed by atoms with Gasteiger partial charge in [0, 0.05) is 20.5 Å². The summed E-state index contributed by atoms with van der Waals surface area (Å²) in [5, 5.41) is 3.70. The van der Waals surface area contributed by atoms with Gasteiger partial charge in [0.25, 0.3) is 5.56 Å². The molecule has 0 aliphatic rings. The third kappa shape index (κ3) is 3.32. The van der Waals surface area contributed by atoms with Crippen LogP contribution in [0.5, 0.6) is 0 Å². The maximum atomic E-state index is 12.7. The molecule has 0 aliphatic carbocycles. The van der Waals surface area contributed by atoms with Crippen molar-refractivity contribution >= 4 is 46.1 Å². The van der Waals surface area contributed by atoms with Crippen LogP contribution in [0, 0.1) is 17.4 Å². The van der Waals surface area contributed by atoms with Crippen LogP contribution in [0.15, 0.2) is 52.3 Å². The molecule has 0 aliphatic heterocycles. The normalized spacial score (nSPS) is 11.3. The van der Waals surface area contributed by atoms with Gasteiger partial charge in [-0.05, 0) is 66.3 Å². The van der Waals surface area contributed by atoms with Crippen molar-refractivity contribution in [3.63, 3.8) is 0 Å². The second-order valence-corrected chi connectivity index (χ2v) is 7.00. The summed E-state index contributed by atoms with van der Waals surface area (Å²) >= 11 is 8.39. The van der Waals surface area contributed by atoms with E-state index in [0.29, 0.717) is 16.3 Å². The molecular weight excluding hydrogens is 437 g/mol. The Morgan fingerprint density at radius 1 is 1.21 bits per heavy atom. The number of halogens is 2. The first kappa shape index (κ1) is 17.0. The SMILES string of the molecule is Cc1ccc(-n2[nH]c(C)c(C=Nc3ccccc3I)c2=O)cc1Cl. The van der Waals surface area contributed by atoms with Crippen LogP contribution in [-0.4, -0.2) is 16.0 Å². The van der Waals surface area contributed by atoms with Crippen molar-refractivity contribution in [1.82, 2.24) is 9.78 Å². The van der Waals surface area contributed by atoms with E-state index >= 15 is 0 Å². The molecule has 3 aromatic rings. The Morgan fingerprint density at radius 2 is 1.96 bits per heavy atom. The molecule has 0 fully saturated rings. The van der Waals surface area contributed by atoms with Gasteiger partial charge in [-0.15, -0.1) is 0 Å². The Balaban J connectivity index is 2.02. The Bertz CT molecular complexity index is 988. The number of aryl methyl sites for hydroxylation is 2. The van der Waals surface area contributed by atoms with Crippen molar-refractivity contribution in [3.05, 3.63) is 78.2 Å². The third-order valence-corrected chi connectivity index (χ3v) is 5.04. The summed E-state index contributed by atoms with van der Waals surface area (Å²) in [5.74, 6) is 0. The highest BCUT2D eigenvalue weighted by molar-refractivity contribution is 14.1. The Kier molecular flexibility index (Phi) is 4.91. The number of para-hydroxylation sites is 1. The van der Waals surface area contributed by atoms with Crippen LogP contribution >= 0.6 is 34.2 Å². The molecule has 0 saturated carbocycles. The minimum absolute atomic E-state index is 0.151. The van der Waals surface area contributed by atoms with Crippen LogP contribution in [0.3, 0.4) is 0 Å². The second kappa shape index (κ2) is 6.94. The lowest BCUT2D eigenvalue weighted by Gasteiger charge is -2.04. The van der Waals surface area contributed by atoms with E-state index in [1.54, 1.807) is 12.3 Å². The maximum Gasteiger partial charge on any atom is 0.280 e. The highest BCUT2D eigenvalue weighted by atomic mass is 127. The van der Waals surface area contributed by atoms with E-state index in [1.165, 1.54) is 4.68 Å². The fourth-order valence-electron chi connectivity index (χ4n) is 2.30. The molecule has 0 bridgehead atoms. The predicted octanol–water partition coefficient (Wildman–Crippen LogP) is 4.79. The van der Waals surface area contributed by atoms with E-state index in [9.17, 15) is 4.79 Å². The van der Waals surface area contributed by atoms with Crippen LogP contribution in [0.1, 0.15) is 16.8 Å². The number of aromatic amines is 1. The van der Waals surface area contributed by atoms with Crippen LogP contribution < -0.4 is 5.56 Å². The van der Waals surface area contributed by atoms with Gasteiger partial charge in [-0.2, -0.15) is 0 Å². The Morgan fingerprint density at radius 3 is 2.67 bits per heavy atom. The highest BCUT2D eigenvalue weighted by Crippen LogP contribution is 2.21. The van der Waals surface area contributed by atoms with Crippen molar-refractivity contribution in [2.45, 2.75) is 13.8 Å². The molecule has 0 radical (unpaired) electrons. The summed E-state index contributed by atoms with van der Waals surface area (Å²) < 4.78 is 2.52. The lowest BCUT2D eigenvalue weighted by molar-refractivity contribution is 0.835. The quantitative estimate of drug-likeness (QED) is 0.452. The van der Waals surface area contributed by atoms with Crippen molar-refractivity contribution < 1.29 is 0 Å². The molecule has 0 amide bonds. The molecular formula is C18H15ClIN3O. The molecule has 1 heterocycles. The van der Waals surface area contributed by atoms with E-state index in [2.05, 4.69) is 32.7 Å². The number of hydrogen-bond acceptors (Lipinski definition) is 2. The molecule has 1 aromatic heterocycles. The maximum absolute atomic E-state index is 12.7. The molecule has 2 aromatic carbocycles. The summed E-state index contributed by atoms with van der Waals surface area (Å²) in [4.78, 5) is 17.1. The zero-order valence-electron chi connectivity index (χ0n) is 13.2. The van der Waals surface area contributed by atoms with Gasteiger partial charge in [-0.25, -0.2) is 4.68 Å². The average molecular weight is 452 g/mol. The average Bonchev–Trinajstić information content (AvgIpc) is 2.84. The van der Waals surface area contributed by atoms with Gasteiger partial charge in [0.1, 0.15) is 0 Å². The monoisotopic (exact) mass is 451 g/mol. The lowest BCUT2D eigenvalue weighted by atomic mass is 10.2. The van der Waals surface area contributed by atoms with Gasteiger partial charge in [0.05, 0.1) is 16.9 Å².